The van der Waals surface area contributed by atoms with Crippen molar-refractivity contribution in [3.63, 3.8) is 0 Å². The molecule has 0 saturated carbocycles. The minimum atomic E-state index is -0.0108. The van der Waals surface area contributed by atoms with Crippen molar-refractivity contribution in [2.45, 2.75) is 203 Å². The van der Waals surface area contributed by atoms with Gasteiger partial charge in [0, 0.05) is 28.2 Å². The Hall–Kier alpha value is -7.16. The summed E-state index contributed by atoms with van der Waals surface area (Å²) in [5, 5.41) is 2.72. The highest BCUT2D eigenvalue weighted by molar-refractivity contribution is 6.09. The summed E-state index contributed by atoms with van der Waals surface area (Å²) >= 11 is 0. The highest BCUT2D eigenvalue weighted by atomic mass is 15.2. The molecule has 0 bridgehead atoms. The summed E-state index contributed by atoms with van der Waals surface area (Å²) in [7, 11) is 0. The van der Waals surface area contributed by atoms with Crippen molar-refractivity contribution in [3.8, 4) is 33.4 Å². The second-order valence-electron chi connectivity index (χ2n) is 27.6. The minimum Gasteiger partial charge on any atom is -0.310 e. The number of benzene rings is 9. The van der Waals surface area contributed by atoms with Gasteiger partial charge in [-0.2, -0.15) is 0 Å². The molecule has 0 atom stereocenters. The molecule has 0 heterocycles. The maximum Gasteiger partial charge on any atom is 0.0520 e. The third-order valence-electron chi connectivity index (χ3n) is 18.9. The molecule has 0 spiro atoms. The molecule has 9 aromatic rings. The van der Waals surface area contributed by atoms with E-state index in [1.54, 1.807) is 11.1 Å². The first-order valence-corrected chi connectivity index (χ1v) is 32.7. The van der Waals surface area contributed by atoms with E-state index in [1.807, 2.05) is 0 Å². The van der Waals surface area contributed by atoms with E-state index >= 15 is 0 Å². The van der Waals surface area contributed by atoms with Gasteiger partial charge in [0.1, 0.15) is 0 Å². The smallest absolute Gasteiger partial charge is 0.0520 e. The largest absolute Gasteiger partial charge is 0.310 e. The van der Waals surface area contributed by atoms with Crippen LogP contribution < -0.4 is 9.80 Å². The van der Waals surface area contributed by atoms with Crippen LogP contribution in [0.2, 0.25) is 0 Å². The Kier molecular flexibility index (Phi) is 18.5. The molecule has 85 heavy (non-hydrogen) atoms. The molecular weight excluding hydrogens is 1020 g/mol. The molecule has 0 unspecified atom stereocenters. The van der Waals surface area contributed by atoms with Crippen molar-refractivity contribution >= 4 is 44.9 Å². The Morgan fingerprint density at radius 3 is 1.14 bits per heavy atom. The summed E-state index contributed by atoms with van der Waals surface area (Å²) in [6.45, 7) is 32.1. The number of fused-ring (bicyclic) bond motifs is 5. The SMILES string of the molecule is CCCCCCCCC1(CCCCCCCC)c2cc(C)ccc2-c2c1cc(-c1ccc(N(c3ccc(-c4ccc(N(c5ccc(C)cc5)c5c(C)cc(C(C)(C)C)cc5C)cc4)cc3)c3c(C)cc(C(C)(C)C)cc3C)cc1)c1ccccc21. The first kappa shape index (κ1) is 60.9. The Morgan fingerprint density at radius 2 is 0.718 bits per heavy atom. The third-order valence-corrected chi connectivity index (χ3v) is 18.9. The van der Waals surface area contributed by atoms with Crippen LogP contribution in [0.3, 0.4) is 0 Å². The lowest BCUT2D eigenvalue weighted by atomic mass is 9.69. The molecule has 1 aliphatic carbocycles. The zero-order chi connectivity index (χ0) is 60.2. The summed E-state index contributed by atoms with van der Waals surface area (Å²) < 4.78 is 0. The van der Waals surface area contributed by atoms with Crippen molar-refractivity contribution < 1.29 is 0 Å². The predicted octanol–water partition coefficient (Wildman–Crippen LogP) is 25.3. The maximum absolute atomic E-state index is 2.67. The zero-order valence-electron chi connectivity index (χ0n) is 54.5. The van der Waals surface area contributed by atoms with Gasteiger partial charge in [-0.1, -0.05) is 259 Å². The average molecular weight is 1120 g/mol. The van der Waals surface area contributed by atoms with E-state index in [0.29, 0.717) is 0 Å². The molecule has 0 fully saturated rings. The second-order valence-corrected chi connectivity index (χ2v) is 27.6. The van der Waals surface area contributed by atoms with Gasteiger partial charge in [0.2, 0.25) is 0 Å². The van der Waals surface area contributed by atoms with Crippen LogP contribution >= 0.6 is 0 Å². The van der Waals surface area contributed by atoms with E-state index in [9.17, 15) is 0 Å². The van der Waals surface area contributed by atoms with E-state index in [1.165, 1.54) is 190 Å². The predicted molar refractivity (Wildman–Crippen MR) is 372 cm³/mol. The van der Waals surface area contributed by atoms with Gasteiger partial charge in [0.05, 0.1) is 11.4 Å². The topological polar surface area (TPSA) is 6.48 Å². The fraction of sp³-hybridized carbons (Fsp3) is 0.373. The van der Waals surface area contributed by atoms with Gasteiger partial charge in [-0.3, -0.25) is 0 Å². The second kappa shape index (κ2) is 25.8. The first-order valence-electron chi connectivity index (χ1n) is 32.7. The van der Waals surface area contributed by atoms with E-state index in [2.05, 4.69) is 277 Å². The quantitative estimate of drug-likeness (QED) is 0.0624. The van der Waals surface area contributed by atoms with Crippen LogP contribution in [0.15, 0.2) is 170 Å². The van der Waals surface area contributed by atoms with E-state index in [-0.39, 0.29) is 16.2 Å². The Labute approximate surface area is 513 Å². The fourth-order valence-electron chi connectivity index (χ4n) is 14.2. The van der Waals surface area contributed by atoms with Crippen LogP contribution in [0.5, 0.6) is 0 Å². The maximum atomic E-state index is 2.67. The number of unbranched alkanes of at least 4 members (excludes halogenated alkanes) is 10. The number of rotatable bonds is 22. The summed E-state index contributed by atoms with van der Waals surface area (Å²) in [5.41, 5.74) is 28.7. The standard InChI is InChI=1S/C83H98N2/c1-15-17-19-21-23-27-49-83(50-28-24-22-20-18-16-2)76-51-58(4)33-48-74(76)78-73-30-26-25-29-72(73)75(56-77(78)83)65-38-46-71(47-39-65)85(80-61(7)54-67(55-62(80)8)82(12,13)14)70-44-36-64(37-45-70)63-34-42-69(43-35-63)84(68-40-31-57(3)32-41-68)79-59(5)52-66(53-60(79)6)81(9,10)11/h25-26,29-48,51-56H,15-24,27-28,49-50H2,1-14H3. The lowest BCUT2D eigenvalue weighted by Gasteiger charge is -2.34. The third kappa shape index (κ3) is 12.9. The highest BCUT2D eigenvalue weighted by Gasteiger charge is 2.43. The van der Waals surface area contributed by atoms with Gasteiger partial charge < -0.3 is 9.80 Å². The Morgan fingerprint density at radius 1 is 0.341 bits per heavy atom. The van der Waals surface area contributed by atoms with Gasteiger partial charge in [-0.05, 0) is 208 Å². The molecule has 0 radical (unpaired) electrons. The Bertz CT molecular complexity index is 3680. The van der Waals surface area contributed by atoms with Gasteiger partial charge in [0.25, 0.3) is 0 Å². The number of anilines is 6. The number of nitrogens with zero attached hydrogens (tertiary/aromatic N) is 2. The molecule has 2 nitrogen and oxygen atoms in total. The van der Waals surface area contributed by atoms with Crippen molar-refractivity contribution in [2.75, 3.05) is 9.80 Å². The first-order chi connectivity index (χ1) is 40.8. The summed E-state index contributed by atoms with van der Waals surface area (Å²) in [4.78, 5) is 4.95. The number of aryl methyl sites for hydroxylation is 6. The van der Waals surface area contributed by atoms with Gasteiger partial charge in [-0.15, -0.1) is 0 Å². The lowest BCUT2D eigenvalue weighted by molar-refractivity contribution is 0.398. The molecule has 440 valence electrons. The van der Waals surface area contributed by atoms with Crippen molar-refractivity contribution in [2.24, 2.45) is 0 Å². The van der Waals surface area contributed by atoms with Crippen LogP contribution in [0.4, 0.5) is 34.1 Å². The minimum absolute atomic E-state index is 0.0108. The molecule has 0 aromatic heterocycles. The molecule has 9 aromatic carbocycles. The molecule has 1 aliphatic rings. The van der Waals surface area contributed by atoms with E-state index in [4.69, 9.17) is 0 Å². The number of hydrogen-bond acceptors (Lipinski definition) is 2. The molecule has 0 N–H and O–H groups in total. The fourth-order valence-corrected chi connectivity index (χ4v) is 14.2. The van der Waals surface area contributed by atoms with E-state index < -0.39 is 0 Å². The van der Waals surface area contributed by atoms with Crippen LogP contribution in [0.25, 0.3) is 44.2 Å². The van der Waals surface area contributed by atoms with Gasteiger partial charge in [0.15, 0.2) is 0 Å². The molecular formula is C83H98N2. The van der Waals surface area contributed by atoms with Crippen LogP contribution in [-0.4, -0.2) is 0 Å². The van der Waals surface area contributed by atoms with E-state index in [0.717, 1.165) is 22.7 Å². The summed E-state index contributed by atoms with van der Waals surface area (Å²) in [6, 6.07) is 66.0. The van der Waals surface area contributed by atoms with Crippen molar-refractivity contribution in [1.29, 1.82) is 0 Å². The normalized spacial score (nSPS) is 12.9. The van der Waals surface area contributed by atoms with Crippen molar-refractivity contribution in [1.82, 2.24) is 0 Å². The zero-order valence-corrected chi connectivity index (χ0v) is 54.5. The lowest BCUT2D eigenvalue weighted by Crippen LogP contribution is -2.26. The van der Waals surface area contributed by atoms with Crippen molar-refractivity contribution in [3.05, 3.63) is 225 Å². The summed E-state index contributed by atoms with van der Waals surface area (Å²) in [6.07, 6.45) is 18.2. The molecule has 0 aliphatic heterocycles. The molecule has 0 saturated heterocycles. The van der Waals surface area contributed by atoms with Gasteiger partial charge >= 0.3 is 0 Å². The number of hydrogen-bond donors (Lipinski definition) is 0. The molecule has 0 amide bonds. The monoisotopic (exact) mass is 1120 g/mol. The van der Waals surface area contributed by atoms with Gasteiger partial charge in [-0.25, -0.2) is 0 Å². The van der Waals surface area contributed by atoms with Crippen LogP contribution in [-0.2, 0) is 16.2 Å². The molecule has 2 heteroatoms. The highest BCUT2D eigenvalue weighted by Crippen LogP contribution is 2.58. The van der Waals surface area contributed by atoms with Crippen LogP contribution in [0.1, 0.15) is 201 Å². The van der Waals surface area contributed by atoms with Crippen LogP contribution in [0, 0.1) is 41.5 Å². The molecule has 10 rings (SSSR count). The average Bonchev–Trinajstić information content (AvgIpc) is 1.60. The Balaban J connectivity index is 1.03. The summed E-state index contributed by atoms with van der Waals surface area (Å²) in [5.74, 6) is 0.